The number of ether oxygens (including phenoxy) is 1. The fraction of sp³-hybridized carbons (Fsp3) is 0.480. The molecule has 174 valence electrons. The van der Waals surface area contributed by atoms with Crippen molar-refractivity contribution in [3.63, 3.8) is 0 Å². The summed E-state index contributed by atoms with van der Waals surface area (Å²) in [6.07, 6.45) is 4.65. The molecule has 4 heterocycles. The van der Waals surface area contributed by atoms with Crippen LogP contribution in [-0.2, 0) is 23.0 Å². The molecule has 8 nitrogen and oxygen atoms in total. The van der Waals surface area contributed by atoms with Crippen molar-refractivity contribution in [3.8, 4) is 11.1 Å². The zero-order valence-corrected chi connectivity index (χ0v) is 19.6. The summed E-state index contributed by atoms with van der Waals surface area (Å²) < 4.78 is 7.23. The van der Waals surface area contributed by atoms with Crippen LogP contribution >= 0.6 is 0 Å². The summed E-state index contributed by atoms with van der Waals surface area (Å²) in [6, 6.07) is 6.83. The van der Waals surface area contributed by atoms with Crippen LogP contribution in [0.5, 0.6) is 0 Å². The first-order valence-corrected chi connectivity index (χ1v) is 11.7. The normalized spacial score (nSPS) is 18.8. The van der Waals surface area contributed by atoms with Crippen LogP contribution in [0.3, 0.4) is 0 Å². The third-order valence-corrected chi connectivity index (χ3v) is 7.11. The number of amidine groups is 1. The molecule has 1 aromatic heterocycles. The number of fused-ring (bicyclic) bond motifs is 1. The smallest absolute Gasteiger partial charge is 0.219 e. The Morgan fingerprint density at radius 1 is 1.24 bits per heavy atom. The van der Waals surface area contributed by atoms with Crippen molar-refractivity contribution < 1.29 is 9.53 Å². The van der Waals surface area contributed by atoms with Crippen molar-refractivity contribution in [1.29, 1.82) is 5.41 Å². The molecule has 5 rings (SSSR count). The highest BCUT2D eigenvalue weighted by molar-refractivity contribution is 6.09. The number of hydrogen-bond donors (Lipinski definition) is 2. The molecule has 0 saturated carbocycles. The largest absolute Gasteiger partial charge is 0.381 e. The first-order valence-electron chi connectivity index (χ1n) is 11.7. The Morgan fingerprint density at radius 3 is 2.73 bits per heavy atom. The van der Waals surface area contributed by atoms with Gasteiger partial charge < -0.3 is 19.9 Å². The van der Waals surface area contributed by atoms with Crippen molar-refractivity contribution in [2.45, 2.75) is 39.2 Å². The molecule has 2 N–H and O–H groups in total. The van der Waals surface area contributed by atoms with E-state index in [1.807, 2.05) is 22.8 Å². The van der Waals surface area contributed by atoms with E-state index in [1.165, 1.54) is 11.1 Å². The molecule has 0 radical (unpaired) electrons. The van der Waals surface area contributed by atoms with Gasteiger partial charge in [0.25, 0.3) is 0 Å². The summed E-state index contributed by atoms with van der Waals surface area (Å²) >= 11 is 0. The Morgan fingerprint density at radius 2 is 2.06 bits per heavy atom. The number of carbonyl (C=O) groups excluding carboxylic acids is 1. The van der Waals surface area contributed by atoms with Crippen molar-refractivity contribution >= 4 is 17.4 Å². The van der Waals surface area contributed by atoms with Crippen LogP contribution in [0.1, 0.15) is 31.0 Å². The zero-order chi connectivity index (χ0) is 23.1. The number of amides is 1. The van der Waals surface area contributed by atoms with Crippen LogP contribution in [0, 0.1) is 12.3 Å². The van der Waals surface area contributed by atoms with E-state index in [-0.39, 0.29) is 5.91 Å². The molecule has 0 spiro atoms. The monoisotopic (exact) mass is 448 g/mol. The number of aromatic nitrogens is 2. The molecule has 0 atom stereocenters. The predicted molar refractivity (Wildman–Crippen MR) is 128 cm³/mol. The van der Waals surface area contributed by atoms with E-state index in [0.717, 1.165) is 54.0 Å². The third-order valence-electron chi connectivity index (χ3n) is 7.11. The maximum atomic E-state index is 12.1. The number of rotatable bonds is 4. The van der Waals surface area contributed by atoms with Gasteiger partial charge in [0.05, 0.1) is 32.0 Å². The van der Waals surface area contributed by atoms with E-state index < -0.39 is 0 Å². The van der Waals surface area contributed by atoms with Gasteiger partial charge in [0.1, 0.15) is 5.84 Å². The second-order valence-corrected chi connectivity index (χ2v) is 9.24. The average Bonchev–Trinajstić information content (AvgIpc) is 3.13. The molecule has 1 saturated heterocycles. The van der Waals surface area contributed by atoms with Gasteiger partial charge in [-0.2, -0.15) is 5.10 Å². The number of benzene rings is 1. The second-order valence-electron chi connectivity index (χ2n) is 9.24. The summed E-state index contributed by atoms with van der Waals surface area (Å²) in [7, 11) is 1.96. The highest BCUT2D eigenvalue weighted by Gasteiger charge is 2.31. The van der Waals surface area contributed by atoms with Gasteiger partial charge in [-0.3, -0.25) is 14.9 Å². The van der Waals surface area contributed by atoms with Crippen molar-refractivity contribution in [3.05, 3.63) is 46.9 Å². The van der Waals surface area contributed by atoms with E-state index in [1.54, 1.807) is 6.92 Å². The second kappa shape index (κ2) is 8.67. The molecule has 0 bridgehead atoms. The van der Waals surface area contributed by atoms with E-state index in [4.69, 9.17) is 4.74 Å². The predicted octanol–water partition coefficient (Wildman–Crippen LogP) is 2.62. The van der Waals surface area contributed by atoms with Crippen LogP contribution in [0.2, 0.25) is 0 Å². The summed E-state index contributed by atoms with van der Waals surface area (Å²) in [5.41, 5.74) is 7.81. The topological polar surface area (TPSA) is 86.5 Å². The molecule has 3 aliphatic rings. The number of hydrogen-bond acceptors (Lipinski definition) is 5. The average molecular weight is 449 g/mol. The standard InChI is InChI=1S/C25H32N6O2/c1-16-21(12-27-29(16)3)18-6-7-24-19(11-18)5-4-9-31(24)25(26)22-13-30(17(2)32)10-8-23(22)28-20-14-33-15-20/h6-7,11-12,20,26,28H,4-5,8-10,13-15H2,1-3H3. The molecule has 1 fully saturated rings. The van der Waals surface area contributed by atoms with Crippen molar-refractivity contribution in [1.82, 2.24) is 20.0 Å². The Kier molecular flexibility index (Phi) is 5.70. The van der Waals surface area contributed by atoms with E-state index in [9.17, 15) is 10.2 Å². The molecule has 3 aliphatic heterocycles. The van der Waals surface area contributed by atoms with Crippen LogP contribution in [-0.4, -0.2) is 65.3 Å². The quantitative estimate of drug-likeness (QED) is 0.555. The van der Waals surface area contributed by atoms with Gasteiger partial charge in [-0.05, 0) is 43.0 Å². The molecule has 8 heteroatoms. The molecule has 0 unspecified atom stereocenters. The van der Waals surface area contributed by atoms with Crippen LogP contribution in [0.25, 0.3) is 11.1 Å². The van der Waals surface area contributed by atoms with Gasteiger partial charge in [-0.25, -0.2) is 0 Å². The highest BCUT2D eigenvalue weighted by Crippen LogP contribution is 2.34. The number of nitrogens with one attached hydrogen (secondary N) is 2. The van der Waals surface area contributed by atoms with Gasteiger partial charge in [0.15, 0.2) is 0 Å². The Bertz CT molecular complexity index is 1130. The lowest BCUT2D eigenvalue weighted by molar-refractivity contribution is -0.128. The summed E-state index contributed by atoms with van der Waals surface area (Å²) in [5.74, 6) is 0.553. The minimum Gasteiger partial charge on any atom is -0.381 e. The molecule has 33 heavy (non-hydrogen) atoms. The number of carbonyl (C=O) groups is 1. The lowest BCUT2D eigenvalue weighted by Crippen LogP contribution is -2.50. The van der Waals surface area contributed by atoms with Crippen LogP contribution < -0.4 is 10.2 Å². The molecule has 1 amide bonds. The van der Waals surface area contributed by atoms with Crippen molar-refractivity contribution in [2.75, 3.05) is 37.7 Å². The molecule has 2 aromatic rings. The fourth-order valence-electron chi connectivity index (χ4n) is 4.92. The van der Waals surface area contributed by atoms with Crippen LogP contribution in [0.4, 0.5) is 5.69 Å². The third kappa shape index (κ3) is 4.04. The minimum absolute atomic E-state index is 0.0573. The van der Waals surface area contributed by atoms with E-state index in [0.29, 0.717) is 38.2 Å². The Hall–Kier alpha value is -3.13. The van der Waals surface area contributed by atoms with Gasteiger partial charge in [-0.15, -0.1) is 0 Å². The zero-order valence-electron chi connectivity index (χ0n) is 19.6. The SMILES string of the molecule is CC(=O)N1CCC(NC2COC2)=C(C(=N)N2CCCc3cc(-c4cnn(C)c4C)ccc32)C1. The molecule has 0 aliphatic carbocycles. The van der Waals surface area contributed by atoms with Crippen molar-refractivity contribution in [2.24, 2.45) is 7.05 Å². The maximum Gasteiger partial charge on any atom is 0.219 e. The first-order chi connectivity index (χ1) is 15.9. The van der Waals surface area contributed by atoms with Crippen LogP contribution in [0.15, 0.2) is 35.7 Å². The maximum absolute atomic E-state index is 12.1. The Labute approximate surface area is 194 Å². The first kappa shape index (κ1) is 21.7. The molecule has 1 aromatic carbocycles. The van der Waals surface area contributed by atoms with Gasteiger partial charge >= 0.3 is 0 Å². The number of anilines is 1. The van der Waals surface area contributed by atoms with Gasteiger partial charge in [0, 0.05) is 61.7 Å². The number of aryl methyl sites for hydroxylation is 2. The summed E-state index contributed by atoms with van der Waals surface area (Å²) in [4.78, 5) is 16.1. The number of nitrogens with zero attached hydrogens (tertiary/aromatic N) is 4. The van der Waals surface area contributed by atoms with E-state index >= 15 is 0 Å². The molecular weight excluding hydrogens is 416 g/mol. The lowest BCUT2D eigenvalue weighted by atomic mass is 9.95. The summed E-state index contributed by atoms with van der Waals surface area (Å²) in [5, 5.41) is 17.2. The lowest BCUT2D eigenvalue weighted by Gasteiger charge is -2.38. The highest BCUT2D eigenvalue weighted by atomic mass is 16.5. The summed E-state index contributed by atoms with van der Waals surface area (Å²) in [6.45, 7) is 7.06. The fourth-order valence-corrected chi connectivity index (χ4v) is 4.92. The van der Waals surface area contributed by atoms with Gasteiger partial charge in [-0.1, -0.05) is 6.07 Å². The molecular formula is C25H32N6O2. The minimum atomic E-state index is 0.0573. The van der Waals surface area contributed by atoms with Gasteiger partial charge in [0.2, 0.25) is 5.91 Å². The van der Waals surface area contributed by atoms with E-state index in [2.05, 4.69) is 40.4 Å². The Balaban J connectivity index is 1.46.